The van der Waals surface area contributed by atoms with Gasteiger partial charge in [0.15, 0.2) is 5.96 Å². The summed E-state index contributed by atoms with van der Waals surface area (Å²) in [7, 11) is 0. The first-order valence-corrected chi connectivity index (χ1v) is 10.2. The summed E-state index contributed by atoms with van der Waals surface area (Å²) in [5.41, 5.74) is 1.06. The molecule has 0 atom stereocenters. The molecular weight excluding hydrogens is 378 g/mol. The SMILES string of the molecule is CCCNC(=O)CCN=C(NCC)N1CCN(Cc2ccc(Cl)cc2)C(=O)C1. The first kappa shape index (κ1) is 22.0. The van der Waals surface area contributed by atoms with Crippen LogP contribution in [-0.2, 0) is 16.1 Å². The monoisotopic (exact) mass is 407 g/mol. The van der Waals surface area contributed by atoms with Gasteiger partial charge in [-0.1, -0.05) is 30.7 Å². The van der Waals surface area contributed by atoms with Crippen molar-refractivity contribution in [2.24, 2.45) is 4.99 Å². The van der Waals surface area contributed by atoms with E-state index in [-0.39, 0.29) is 18.4 Å². The second-order valence-electron chi connectivity index (χ2n) is 6.70. The van der Waals surface area contributed by atoms with Crippen LogP contribution in [0.4, 0.5) is 0 Å². The highest BCUT2D eigenvalue weighted by Gasteiger charge is 2.26. The van der Waals surface area contributed by atoms with Crippen molar-refractivity contribution < 1.29 is 9.59 Å². The fourth-order valence-corrected chi connectivity index (χ4v) is 3.03. The maximum atomic E-state index is 12.6. The summed E-state index contributed by atoms with van der Waals surface area (Å²) >= 11 is 5.92. The number of rotatable bonds is 8. The zero-order valence-corrected chi connectivity index (χ0v) is 17.5. The molecule has 1 aromatic carbocycles. The van der Waals surface area contributed by atoms with E-state index >= 15 is 0 Å². The standard InChI is InChI=1S/C20H30ClN5O2/c1-3-10-23-18(27)9-11-24-20(22-4-2)26-13-12-25(19(28)15-26)14-16-5-7-17(21)8-6-16/h5-8H,3-4,9-15H2,1-2H3,(H,22,24)(H,23,27). The number of aliphatic imine (C=N–C) groups is 1. The Hall–Kier alpha value is -2.28. The van der Waals surface area contributed by atoms with Gasteiger partial charge < -0.3 is 20.4 Å². The van der Waals surface area contributed by atoms with Crippen LogP contribution in [0.5, 0.6) is 0 Å². The van der Waals surface area contributed by atoms with Crippen LogP contribution in [0.1, 0.15) is 32.3 Å². The van der Waals surface area contributed by atoms with Crippen LogP contribution in [0.25, 0.3) is 0 Å². The largest absolute Gasteiger partial charge is 0.357 e. The van der Waals surface area contributed by atoms with Crippen LogP contribution in [0.3, 0.4) is 0 Å². The van der Waals surface area contributed by atoms with Gasteiger partial charge in [-0.3, -0.25) is 14.6 Å². The first-order chi connectivity index (χ1) is 13.5. The molecule has 2 rings (SSSR count). The molecule has 8 heteroatoms. The van der Waals surface area contributed by atoms with Crippen molar-refractivity contribution in [1.82, 2.24) is 20.4 Å². The third-order valence-corrected chi connectivity index (χ3v) is 4.66. The molecule has 0 aromatic heterocycles. The molecule has 1 heterocycles. The van der Waals surface area contributed by atoms with E-state index in [4.69, 9.17) is 11.6 Å². The highest BCUT2D eigenvalue weighted by molar-refractivity contribution is 6.30. The summed E-state index contributed by atoms with van der Waals surface area (Å²) in [6.45, 7) is 7.99. The van der Waals surface area contributed by atoms with Crippen molar-refractivity contribution in [2.45, 2.75) is 33.2 Å². The number of nitrogens with one attached hydrogen (secondary N) is 2. The molecule has 0 aliphatic carbocycles. The second kappa shape index (κ2) is 11.5. The van der Waals surface area contributed by atoms with Gasteiger partial charge in [0, 0.05) is 44.2 Å². The van der Waals surface area contributed by atoms with Gasteiger partial charge in [0.05, 0.1) is 13.1 Å². The van der Waals surface area contributed by atoms with Gasteiger partial charge in [-0.2, -0.15) is 0 Å². The maximum Gasteiger partial charge on any atom is 0.242 e. The molecule has 0 radical (unpaired) electrons. The molecule has 0 bridgehead atoms. The average molecular weight is 408 g/mol. The van der Waals surface area contributed by atoms with Crippen LogP contribution in [0.2, 0.25) is 5.02 Å². The lowest BCUT2D eigenvalue weighted by Crippen LogP contribution is -2.55. The van der Waals surface area contributed by atoms with E-state index in [2.05, 4.69) is 15.6 Å². The zero-order valence-electron chi connectivity index (χ0n) is 16.7. The number of carbonyl (C=O) groups excluding carboxylic acids is 2. The van der Waals surface area contributed by atoms with Crippen molar-refractivity contribution in [3.63, 3.8) is 0 Å². The van der Waals surface area contributed by atoms with Crippen molar-refractivity contribution in [3.05, 3.63) is 34.9 Å². The van der Waals surface area contributed by atoms with E-state index in [9.17, 15) is 9.59 Å². The lowest BCUT2D eigenvalue weighted by molar-refractivity contribution is -0.135. The Bertz CT molecular complexity index is 678. The number of benzene rings is 1. The summed E-state index contributed by atoms with van der Waals surface area (Å²) in [5.74, 6) is 0.753. The van der Waals surface area contributed by atoms with Crippen molar-refractivity contribution in [1.29, 1.82) is 0 Å². The quantitative estimate of drug-likeness (QED) is 0.509. The van der Waals surface area contributed by atoms with Crippen LogP contribution in [-0.4, -0.2) is 66.8 Å². The number of piperazine rings is 1. The molecule has 0 saturated carbocycles. The number of hydrogen-bond acceptors (Lipinski definition) is 3. The molecule has 154 valence electrons. The number of halogens is 1. The van der Waals surface area contributed by atoms with Gasteiger partial charge in [0.1, 0.15) is 0 Å². The maximum absolute atomic E-state index is 12.6. The fourth-order valence-electron chi connectivity index (χ4n) is 2.91. The highest BCUT2D eigenvalue weighted by atomic mass is 35.5. The zero-order chi connectivity index (χ0) is 20.4. The summed E-state index contributed by atoms with van der Waals surface area (Å²) in [6.07, 6.45) is 1.26. The molecule has 1 aromatic rings. The van der Waals surface area contributed by atoms with Crippen LogP contribution in [0.15, 0.2) is 29.3 Å². The van der Waals surface area contributed by atoms with E-state index in [1.54, 1.807) is 0 Å². The molecule has 1 aliphatic heterocycles. The molecule has 1 fully saturated rings. The Morgan fingerprint density at radius 1 is 1.18 bits per heavy atom. The van der Waals surface area contributed by atoms with Gasteiger partial charge >= 0.3 is 0 Å². The lowest BCUT2D eigenvalue weighted by atomic mass is 10.2. The van der Waals surface area contributed by atoms with Crippen LogP contribution in [0, 0.1) is 0 Å². The molecule has 0 spiro atoms. The minimum atomic E-state index is 0.00492. The van der Waals surface area contributed by atoms with Crippen LogP contribution < -0.4 is 10.6 Å². The van der Waals surface area contributed by atoms with E-state index in [1.165, 1.54) is 0 Å². The van der Waals surface area contributed by atoms with E-state index in [1.807, 2.05) is 47.9 Å². The predicted octanol–water partition coefficient (Wildman–Crippen LogP) is 1.87. The van der Waals surface area contributed by atoms with Crippen molar-refractivity contribution in [3.8, 4) is 0 Å². The van der Waals surface area contributed by atoms with Gasteiger partial charge in [-0.05, 0) is 31.0 Å². The Morgan fingerprint density at radius 2 is 1.93 bits per heavy atom. The summed E-state index contributed by atoms with van der Waals surface area (Å²) < 4.78 is 0. The third-order valence-electron chi connectivity index (χ3n) is 4.41. The average Bonchev–Trinajstić information content (AvgIpc) is 2.69. The Labute approximate surface area is 172 Å². The van der Waals surface area contributed by atoms with Crippen molar-refractivity contribution >= 4 is 29.4 Å². The summed E-state index contributed by atoms with van der Waals surface area (Å²) in [6, 6.07) is 7.56. The molecule has 28 heavy (non-hydrogen) atoms. The highest BCUT2D eigenvalue weighted by Crippen LogP contribution is 2.13. The number of nitrogens with zero attached hydrogens (tertiary/aromatic N) is 3. The number of carbonyl (C=O) groups is 2. The summed E-state index contributed by atoms with van der Waals surface area (Å²) in [4.78, 5) is 32.6. The van der Waals surface area contributed by atoms with Gasteiger partial charge in [-0.15, -0.1) is 0 Å². The lowest BCUT2D eigenvalue weighted by Gasteiger charge is -2.36. The number of amides is 2. The molecule has 0 unspecified atom stereocenters. The normalized spacial score (nSPS) is 15.0. The molecule has 7 nitrogen and oxygen atoms in total. The molecule has 2 amide bonds. The fraction of sp³-hybridized carbons (Fsp3) is 0.550. The second-order valence-corrected chi connectivity index (χ2v) is 7.14. The van der Waals surface area contributed by atoms with Gasteiger partial charge in [-0.25, -0.2) is 0 Å². The Morgan fingerprint density at radius 3 is 2.57 bits per heavy atom. The first-order valence-electron chi connectivity index (χ1n) is 9.85. The Balaban J connectivity index is 1.89. The number of hydrogen-bond donors (Lipinski definition) is 2. The summed E-state index contributed by atoms with van der Waals surface area (Å²) in [5, 5.41) is 6.75. The Kier molecular flexibility index (Phi) is 9.07. The van der Waals surface area contributed by atoms with E-state index in [0.717, 1.165) is 12.0 Å². The number of guanidine groups is 1. The molecule has 1 saturated heterocycles. The van der Waals surface area contributed by atoms with E-state index < -0.39 is 0 Å². The minimum Gasteiger partial charge on any atom is -0.357 e. The van der Waals surface area contributed by atoms with Crippen LogP contribution >= 0.6 is 11.6 Å². The van der Waals surface area contributed by atoms with Crippen molar-refractivity contribution in [2.75, 3.05) is 39.3 Å². The minimum absolute atomic E-state index is 0.00492. The van der Waals surface area contributed by atoms with Gasteiger partial charge in [0.2, 0.25) is 11.8 Å². The smallest absolute Gasteiger partial charge is 0.242 e. The van der Waals surface area contributed by atoms with Gasteiger partial charge in [0.25, 0.3) is 0 Å². The topological polar surface area (TPSA) is 77.0 Å². The van der Waals surface area contributed by atoms with E-state index in [0.29, 0.717) is 56.7 Å². The molecule has 1 aliphatic rings. The third kappa shape index (κ3) is 7.03. The predicted molar refractivity (Wildman–Crippen MR) is 112 cm³/mol. The molecular formula is C20H30ClN5O2. The molecule has 2 N–H and O–H groups in total.